The molecule has 2 aliphatic heterocycles. The molecule has 26 heavy (non-hydrogen) atoms. The molecule has 2 aliphatic rings. The molecule has 0 spiro atoms. The molecular formula is C20H22N4O2. The number of nitrogens with one attached hydrogen (secondary N) is 2. The van der Waals surface area contributed by atoms with Gasteiger partial charge in [0.1, 0.15) is 5.76 Å². The van der Waals surface area contributed by atoms with E-state index in [9.17, 15) is 4.79 Å². The highest BCUT2D eigenvalue weighted by Gasteiger charge is 2.28. The van der Waals surface area contributed by atoms with E-state index in [1.165, 1.54) is 5.56 Å². The van der Waals surface area contributed by atoms with Crippen LogP contribution in [0.2, 0.25) is 0 Å². The van der Waals surface area contributed by atoms with Crippen LogP contribution in [0.25, 0.3) is 0 Å². The lowest BCUT2D eigenvalue weighted by atomic mass is 10.1. The van der Waals surface area contributed by atoms with Crippen molar-refractivity contribution in [2.45, 2.75) is 18.9 Å². The predicted molar refractivity (Wildman–Crippen MR) is 98.7 cm³/mol. The highest BCUT2D eigenvalue weighted by atomic mass is 16.6. The van der Waals surface area contributed by atoms with Gasteiger partial charge in [0.2, 0.25) is 0 Å². The van der Waals surface area contributed by atoms with E-state index in [1.54, 1.807) is 11.0 Å². The topological polar surface area (TPSA) is 77.4 Å². The molecule has 1 atom stereocenters. The molecule has 1 saturated heterocycles. The van der Waals surface area contributed by atoms with E-state index in [2.05, 4.69) is 28.8 Å². The largest absolute Gasteiger partial charge is 0.415 e. The lowest BCUT2D eigenvalue weighted by Gasteiger charge is -2.34. The third kappa shape index (κ3) is 4.74. The van der Waals surface area contributed by atoms with Gasteiger partial charge >= 0.3 is 6.09 Å². The second-order valence-electron chi connectivity index (χ2n) is 6.19. The van der Waals surface area contributed by atoms with Gasteiger partial charge in [-0.2, -0.15) is 5.26 Å². The molecule has 0 radical (unpaired) electrons. The monoisotopic (exact) mass is 350 g/mol. The number of allylic oxidation sites excluding steroid dienone is 4. The number of ether oxygens (including phenoxy) is 1. The van der Waals surface area contributed by atoms with Crippen molar-refractivity contribution in [2.75, 3.05) is 19.6 Å². The van der Waals surface area contributed by atoms with Gasteiger partial charge in [0.05, 0.1) is 18.5 Å². The van der Waals surface area contributed by atoms with Gasteiger partial charge in [-0.15, -0.1) is 0 Å². The fourth-order valence-electron chi connectivity index (χ4n) is 2.99. The summed E-state index contributed by atoms with van der Waals surface area (Å²) in [7, 11) is 0. The summed E-state index contributed by atoms with van der Waals surface area (Å²) in [4.78, 5) is 14.2. The van der Waals surface area contributed by atoms with Gasteiger partial charge in [-0.1, -0.05) is 30.3 Å². The minimum Gasteiger partial charge on any atom is -0.410 e. The molecular weight excluding hydrogens is 328 g/mol. The van der Waals surface area contributed by atoms with E-state index in [-0.39, 0.29) is 12.5 Å². The number of benzene rings is 1. The van der Waals surface area contributed by atoms with Crippen molar-refractivity contribution in [3.8, 4) is 6.07 Å². The molecule has 3 rings (SSSR count). The van der Waals surface area contributed by atoms with Crippen LogP contribution < -0.4 is 10.6 Å². The summed E-state index contributed by atoms with van der Waals surface area (Å²) < 4.78 is 5.60. The van der Waals surface area contributed by atoms with Crippen LogP contribution in [0.1, 0.15) is 12.0 Å². The molecule has 1 unspecified atom stereocenters. The summed E-state index contributed by atoms with van der Waals surface area (Å²) in [6, 6.07) is 12.1. The van der Waals surface area contributed by atoms with Gasteiger partial charge in [0, 0.05) is 44.0 Å². The van der Waals surface area contributed by atoms with E-state index in [0.717, 1.165) is 5.70 Å². The Morgan fingerprint density at radius 3 is 3.00 bits per heavy atom. The average Bonchev–Trinajstić information content (AvgIpc) is 2.88. The maximum atomic E-state index is 12.6. The van der Waals surface area contributed by atoms with E-state index >= 15 is 0 Å². The Balaban J connectivity index is 1.68. The van der Waals surface area contributed by atoms with Crippen molar-refractivity contribution in [1.29, 1.82) is 5.26 Å². The normalized spacial score (nSPS) is 19.5. The van der Waals surface area contributed by atoms with E-state index < -0.39 is 6.09 Å². The lowest BCUT2D eigenvalue weighted by Crippen LogP contribution is -2.53. The molecule has 0 bridgehead atoms. The van der Waals surface area contributed by atoms with Crippen LogP contribution in [-0.4, -0.2) is 36.7 Å². The molecule has 1 amide bonds. The fourth-order valence-corrected chi connectivity index (χ4v) is 2.99. The second kappa shape index (κ2) is 8.88. The van der Waals surface area contributed by atoms with Crippen molar-refractivity contribution in [2.24, 2.45) is 0 Å². The summed E-state index contributed by atoms with van der Waals surface area (Å²) in [5.41, 5.74) is 2.11. The quantitative estimate of drug-likeness (QED) is 0.872. The van der Waals surface area contributed by atoms with Gasteiger partial charge < -0.3 is 20.3 Å². The highest BCUT2D eigenvalue weighted by molar-refractivity contribution is 5.70. The lowest BCUT2D eigenvalue weighted by molar-refractivity contribution is 0.102. The first-order valence-corrected chi connectivity index (χ1v) is 8.70. The second-order valence-corrected chi connectivity index (χ2v) is 6.19. The SMILES string of the molecule is N#CCC1CNCCN1C(=O)OC1=CC=CNC(Cc2ccccc2)=C1. The minimum absolute atomic E-state index is 0.158. The first-order chi connectivity index (χ1) is 12.8. The van der Waals surface area contributed by atoms with Crippen molar-refractivity contribution in [3.05, 3.63) is 71.8 Å². The molecule has 1 aromatic carbocycles. The zero-order chi connectivity index (χ0) is 18.2. The predicted octanol–water partition coefficient (Wildman–Crippen LogP) is 2.44. The Hall–Kier alpha value is -3.04. The van der Waals surface area contributed by atoms with Crippen LogP contribution in [-0.2, 0) is 11.2 Å². The van der Waals surface area contributed by atoms with E-state index in [4.69, 9.17) is 10.00 Å². The van der Waals surface area contributed by atoms with E-state index in [0.29, 0.717) is 31.8 Å². The third-order valence-corrected chi connectivity index (χ3v) is 4.30. The van der Waals surface area contributed by atoms with Gasteiger partial charge in [0.25, 0.3) is 0 Å². The summed E-state index contributed by atoms with van der Waals surface area (Å²) in [5, 5.41) is 15.4. The molecule has 6 nitrogen and oxygen atoms in total. The molecule has 134 valence electrons. The van der Waals surface area contributed by atoms with Gasteiger partial charge in [-0.25, -0.2) is 4.79 Å². The maximum Gasteiger partial charge on any atom is 0.415 e. The van der Waals surface area contributed by atoms with Crippen molar-refractivity contribution >= 4 is 6.09 Å². The molecule has 6 heteroatoms. The number of hydrogen-bond acceptors (Lipinski definition) is 5. The molecule has 0 aliphatic carbocycles. The Bertz CT molecular complexity index is 762. The van der Waals surface area contributed by atoms with Crippen molar-refractivity contribution in [3.63, 3.8) is 0 Å². The smallest absolute Gasteiger partial charge is 0.410 e. The molecule has 0 aromatic heterocycles. The first-order valence-electron chi connectivity index (χ1n) is 8.70. The van der Waals surface area contributed by atoms with Crippen LogP contribution in [0.15, 0.2) is 66.2 Å². The Morgan fingerprint density at radius 2 is 2.19 bits per heavy atom. The maximum absolute atomic E-state index is 12.6. The summed E-state index contributed by atoms with van der Waals surface area (Å²) in [6.07, 6.45) is 7.81. The number of hydrogen-bond donors (Lipinski definition) is 2. The Kier molecular flexibility index (Phi) is 6.07. The number of carbonyl (C=O) groups is 1. The number of piperazine rings is 1. The minimum atomic E-state index is -0.413. The van der Waals surface area contributed by atoms with Crippen molar-refractivity contribution < 1.29 is 9.53 Å². The van der Waals surface area contributed by atoms with Crippen molar-refractivity contribution in [1.82, 2.24) is 15.5 Å². The first kappa shape index (κ1) is 17.8. The van der Waals surface area contributed by atoms with Crippen LogP contribution in [0.3, 0.4) is 0 Å². The Morgan fingerprint density at radius 1 is 1.35 bits per heavy atom. The summed E-state index contributed by atoms with van der Waals surface area (Å²) in [5.74, 6) is 0.483. The molecule has 2 N–H and O–H groups in total. The van der Waals surface area contributed by atoms with Crippen LogP contribution >= 0.6 is 0 Å². The number of amides is 1. The molecule has 2 heterocycles. The number of nitrogens with zero attached hydrogens (tertiary/aromatic N) is 2. The van der Waals surface area contributed by atoms with E-state index in [1.807, 2.05) is 36.6 Å². The van der Waals surface area contributed by atoms with Crippen LogP contribution in [0.4, 0.5) is 4.79 Å². The average molecular weight is 350 g/mol. The summed E-state index contributed by atoms with van der Waals surface area (Å²) >= 11 is 0. The summed E-state index contributed by atoms with van der Waals surface area (Å²) in [6.45, 7) is 1.85. The standard InChI is InChI=1S/C20H22N4O2/c21-9-8-18-15-22-11-12-24(18)20(25)26-19-7-4-10-23-17(14-19)13-16-5-2-1-3-6-16/h1-7,10,14,18,22-23H,8,11-13,15H2. The Labute approximate surface area is 153 Å². The number of carbonyl (C=O) groups excluding carboxylic acids is 1. The zero-order valence-corrected chi connectivity index (χ0v) is 14.5. The van der Waals surface area contributed by atoms with Crippen LogP contribution in [0.5, 0.6) is 0 Å². The zero-order valence-electron chi connectivity index (χ0n) is 14.5. The fraction of sp³-hybridized carbons (Fsp3) is 0.300. The molecule has 1 fully saturated rings. The van der Waals surface area contributed by atoms with Gasteiger partial charge in [0.15, 0.2) is 0 Å². The molecule has 0 saturated carbocycles. The van der Waals surface area contributed by atoms with Gasteiger partial charge in [-0.3, -0.25) is 0 Å². The number of rotatable bonds is 4. The highest BCUT2D eigenvalue weighted by Crippen LogP contribution is 2.16. The molecule has 1 aromatic rings. The van der Waals surface area contributed by atoms with Crippen LogP contribution in [0, 0.1) is 11.3 Å². The van der Waals surface area contributed by atoms with Gasteiger partial charge in [-0.05, 0) is 17.7 Å². The number of nitriles is 1. The third-order valence-electron chi connectivity index (χ3n) is 4.30.